The second-order valence-corrected chi connectivity index (χ2v) is 10.3. The minimum absolute atomic E-state index is 0.0321. The molecule has 2 aromatic heterocycles. The lowest BCUT2D eigenvalue weighted by Crippen LogP contribution is -2.46. The largest absolute Gasteiger partial charge is 0.356 e. The molecule has 0 aliphatic heterocycles. The lowest BCUT2D eigenvalue weighted by atomic mass is 9.73. The van der Waals surface area contributed by atoms with Gasteiger partial charge >= 0.3 is 0 Å². The first-order valence-electron chi connectivity index (χ1n) is 13.0. The quantitative estimate of drug-likeness (QED) is 0.385. The van der Waals surface area contributed by atoms with Crippen molar-refractivity contribution in [1.29, 1.82) is 0 Å². The number of amides is 2. The van der Waals surface area contributed by atoms with Crippen molar-refractivity contribution in [3.63, 3.8) is 0 Å². The second-order valence-electron chi connectivity index (χ2n) is 10.3. The van der Waals surface area contributed by atoms with Crippen LogP contribution in [0.5, 0.6) is 0 Å². The molecule has 38 heavy (non-hydrogen) atoms. The number of ketones is 1. The van der Waals surface area contributed by atoms with Crippen molar-refractivity contribution in [1.82, 2.24) is 14.9 Å². The summed E-state index contributed by atoms with van der Waals surface area (Å²) in [7, 11) is 0. The van der Waals surface area contributed by atoms with Crippen molar-refractivity contribution in [3.8, 4) is 11.3 Å². The SMILES string of the molecule is CCN(CC)C(=O)C1(C)CC(=O)c2c([nH]c(-c3ccnc(NC(=O)C4CC4F)c3)c2Nc2ccccc2)C1. The Hall–Kier alpha value is -4.01. The summed E-state index contributed by atoms with van der Waals surface area (Å²) in [5.41, 5.74) is 3.14. The van der Waals surface area contributed by atoms with Crippen LogP contribution < -0.4 is 10.6 Å². The molecule has 8 nitrogen and oxygen atoms in total. The molecular weight excluding hydrogens is 485 g/mol. The number of hydrogen-bond donors (Lipinski definition) is 3. The highest BCUT2D eigenvalue weighted by Gasteiger charge is 2.45. The van der Waals surface area contributed by atoms with Gasteiger partial charge in [-0.25, -0.2) is 9.37 Å². The summed E-state index contributed by atoms with van der Waals surface area (Å²) in [5.74, 6) is -0.864. The number of Topliss-reactive ketones (excluding diaryl/α,β-unsaturated/α-hetero) is 1. The zero-order valence-corrected chi connectivity index (χ0v) is 21.8. The van der Waals surface area contributed by atoms with E-state index in [9.17, 15) is 18.8 Å². The van der Waals surface area contributed by atoms with Gasteiger partial charge in [0.2, 0.25) is 11.8 Å². The van der Waals surface area contributed by atoms with Crippen molar-refractivity contribution in [2.75, 3.05) is 23.7 Å². The maximum absolute atomic E-state index is 13.7. The Balaban J connectivity index is 1.55. The fraction of sp³-hybridized carbons (Fsp3) is 0.379. The number of alkyl halides is 1. The van der Waals surface area contributed by atoms with Gasteiger partial charge in [-0.05, 0) is 51.5 Å². The predicted molar refractivity (Wildman–Crippen MR) is 144 cm³/mol. The van der Waals surface area contributed by atoms with Crippen LogP contribution in [0.25, 0.3) is 11.3 Å². The number of anilines is 3. The minimum Gasteiger partial charge on any atom is -0.356 e. The van der Waals surface area contributed by atoms with E-state index in [1.54, 1.807) is 23.2 Å². The van der Waals surface area contributed by atoms with Gasteiger partial charge in [0.05, 0.1) is 28.3 Å². The topological polar surface area (TPSA) is 107 Å². The summed E-state index contributed by atoms with van der Waals surface area (Å²) >= 11 is 0. The van der Waals surface area contributed by atoms with Crippen LogP contribution in [-0.4, -0.2) is 51.7 Å². The lowest BCUT2D eigenvalue weighted by Gasteiger charge is -2.35. The summed E-state index contributed by atoms with van der Waals surface area (Å²) in [4.78, 5) is 48.8. The molecule has 5 rings (SSSR count). The van der Waals surface area contributed by atoms with E-state index in [2.05, 4.69) is 20.6 Å². The van der Waals surface area contributed by atoms with E-state index in [4.69, 9.17) is 0 Å². The van der Waals surface area contributed by atoms with Crippen molar-refractivity contribution >= 4 is 34.8 Å². The Morgan fingerprint density at radius 1 is 1.16 bits per heavy atom. The number of carbonyl (C=O) groups is 3. The molecule has 2 amide bonds. The Morgan fingerprint density at radius 3 is 2.53 bits per heavy atom. The van der Waals surface area contributed by atoms with Crippen LogP contribution in [0, 0.1) is 11.3 Å². The smallest absolute Gasteiger partial charge is 0.231 e. The molecule has 1 aromatic carbocycles. The number of H-pyrrole nitrogens is 1. The summed E-state index contributed by atoms with van der Waals surface area (Å²) in [5, 5.41) is 6.10. The summed E-state index contributed by atoms with van der Waals surface area (Å²) in [6.07, 6.45) is 1.19. The molecule has 3 atom stereocenters. The molecule has 0 bridgehead atoms. The number of nitrogens with zero attached hydrogens (tertiary/aromatic N) is 2. The van der Waals surface area contributed by atoms with Crippen molar-refractivity contribution in [2.24, 2.45) is 11.3 Å². The highest BCUT2D eigenvalue weighted by molar-refractivity contribution is 6.10. The predicted octanol–water partition coefficient (Wildman–Crippen LogP) is 5.12. The monoisotopic (exact) mass is 517 g/mol. The minimum atomic E-state index is -1.10. The van der Waals surface area contributed by atoms with Gasteiger partial charge in [0, 0.05) is 49.1 Å². The molecule has 2 aliphatic carbocycles. The van der Waals surface area contributed by atoms with E-state index >= 15 is 0 Å². The van der Waals surface area contributed by atoms with Crippen molar-refractivity contribution < 1.29 is 18.8 Å². The van der Waals surface area contributed by atoms with Gasteiger partial charge < -0.3 is 20.5 Å². The first kappa shape index (κ1) is 25.6. The zero-order valence-electron chi connectivity index (χ0n) is 21.8. The number of aromatic amines is 1. The number of hydrogen-bond acceptors (Lipinski definition) is 5. The van der Waals surface area contributed by atoms with Crippen molar-refractivity contribution in [3.05, 3.63) is 59.9 Å². The average Bonchev–Trinajstić information content (AvgIpc) is 3.53. The van der Waals surface area contributed by atoms with Crippen LogP contribution in [0.3, 0.4) is 0 Å². The van der Waals surface area contributed by atoms with Crippen LogP contribution in [-0.2, 0) is 16.0 Å². The number of para-hydroxylation sites is 1. The Labute approximate surface area is 221 Å². The van der Waals surface area contributed by atoms with Gasteiger partial charge in [0.25, 0.3) is 0 Å². The van der Waals surface area contributed by atoms with Crippen LogP contribution in [0.2, 0.25) is 0 Å². The van der Waals surface area contributed by atoms with E-state index in [0.29, 0.717) is 53.5 Å². The molecule has 9 heteroatoms. The number of carbonyl (C=O) groups excluding carboxylic acids is 3. The average molecular weight is 518 g/mol. The van der Waals surface area contributed by atoms with Crippen LogP contribution in [0.15, 0.2) is 48.7 Å². The molecule has 198 valence electrons. The molecule has 3 unspecified atom stereocenters. The second kappa shape index (κ2) is 10.0. The van der Waals surface area contributed by atoms with E-state index in [0.717, 1.165) is 5.69 Å². The fourth-order valence-corrected chi connectivity index (χ4v) is 5.25. The molecule has 0 spiro atoms. The van der Waals surface area contributed by atoms with Gasteiger partial charge in [0.1, 0.15) is 12.0 Å². The summed E-state index contributed by atoms with van der Waals surface area (Å²) in [6.45, 7) is 6.89. The number of nitrogens with one attached hydrogen (secondary N) is 3. The molecule has 1 fully saturated rings. The van der Waals surface area contributed by atoms with Crippen LogP contribution >= 0.6 is 0 Å². The molecule has 2 aliphatic rings. The van der Waals surface area contributed by atoms with Gasteiger partial charge in [-0.2, -0.15) is 0 Å². The third kappa shape index (κ3) is 4.80. The van der Waals surface area contributed by atoms with Gasteiger partial charge in [-0.3, -0.25) is 14.4 Å². The number of aromatic nitrogens is 2. The fourth-order valence-electron chi connectivity index (χ4n) is 5.25. The van der Waals surface area contributed by atoms with E-state index < -0.39 is 23.4 Å². The third-order valence-corrected chi connectivity index (χ3v) is 7.43. The number of benzene rings is 1. The van der Waals surface area contributed by atoms with Gasteiger partial charge in [-0.15, -0.1) is 0 Å². The molecule has 3 N–H and O–H groups in total. The standard InChI is InChI=1S/C29H32FN5O3/c1-4-35(5-2)28(38)29(3)15-21-24(22(36)16-29)26(32-18-9-7-6-8-10-18)25(33-21)17-11-12-31-23(13-17)34-27(37)19-14-20(19)30/h6-13,19-20,32-33H,4-5,14-16H2,1-3H3,(H,31,34,37). The van der Waals surface area contributed by atoms with E-state index in [1.807, 2.05) is 51.1 Å². The van der Waals surface area contributed by atoms with Crippen molar-refractivity contribution in [2.45, 2.75) is 46.2 Å². The maximum Gasteiger partial charge on any atom is 0.231 e. The molecular formula is C29H32FN5O3. The van der Waals surface area contributed by atoms with E-state index in [1.165, 1.54) is 0 Å². The molecule has 2 heterocycles. The number of halogens is 1. The molecule has 0 saturated heterocycles. The number of rotatable bonds is 8. The number of pyridine rings is 1. The number of fused-ring (bicyclic) bond motifs is 1. The van der Waals surface area contributed by atoms with Gasteiger partial charge in [-0.1, -0.05) is 18.2 Å². The zero-order chi connectivity index (χ0) is 27.0. The molecule has 3 aromatic rings. The maximum atomic E-state index is 13.7. The summed E-state index contributed by atoms with van der Waals surface area (Å²) in [6, 6.07) is 13.0. The Bertz CT molecular complexity index is 1380. The van der Waals surface area contributed by atoms with Crippen LogP contribution in [0.4, 0.5) is 21.6 Å². The highest BCUT2D eigenvalue weighted by Crippen LogP contribution is 2.44. The summed E-state index contributed by atoms with van der Waals surface area (Å²) < 4.78 is 13.4. The Kier molecular flexibility index (Phi) is 6.77. The third-order valence-electron chi connectivity index (χ3n) is 7.43. The van der Waals surface area contributed by atoms with E-state index in [-0.39, 0.29) is 24.5 Å². The highest BCUT2D eigenvalue weighted by atomic mass is 19.1. The molecule has 0 radical (unpaired) electrons. The first-order valence-corrected chi connectivity index (χ1v) is 13.0. The normalized spacial score (nSPS) is 21.9. The lowest BCUT2D eigenvalue weighted by molar-refractivity contribution is -0.141. The van der Waals surface area contributed by atoms with Gasteiger partial charge in [0.15, 0.2) is 5.78 Å². The molecule has 1 saturated carbocycles. The van der Waals surface area contributed by atoms with Crippen LogP contribution in [0.1, 0.15) is 49.7 Å². The first-order chi connectivity index (χ1) is 18.2. The Morgan fingerprint density at radius 2 is 1.87 bits per heavy atom.